The Hall–Kier alpha value is -1.19. The van der Waals surface area contributed by atoms with Crippen LogP contribution >= 0.6 is 11.3 Å². The Balaban J connectivity index is 2.37. The van der Waals surface area contributed by atoms with Crippen LogP contribution in [0.5, 0.6) is 0 Å². The number of H-pyrrole nitrogens is 1. The molecule has 2 heterocycles. The number of nitrogens with zero attached hydrogens (tertiary/aromatic N) is 2. The summed E-state index contributed by atoms with van der Waals surface area (Å²) in [6, 6.07) is 0. The van der Waals surface area contributed by atoms with Gasteiger partial charge in [0.2, 0.25) is 5.91 Å². The molecule has 0 bridgehead atoms. The third-order valence-electron chi connectivity index (χ3n) is 2.99. The maximum atomic E-state index is 12.4. The van der Waals surface area contributed by atoms with E-state index in [1.54, 1.807) is 7.05 Å². The van der Waals surface area contributed by atoms with Gasteiger partial charge in [0.25, 0.3) is 10.0 Å². The minimum Gasteiger partial charge on any atom is -0.345 e. The summed E-state index contributed by atoms with van der Waals surface area (Å²) in [6.07, 6.45) is 0.583. The number of carbonyl (C=O) groups is 1. The topological polar surface area (TPSA) is 90.5 Å². The SMILES string of the molecule is Cc1[nH]c(=O)sc1S(=O)(=O)N1CCCN(C)C(=O)C1. The molecule has 7 nitrogen and oxygen atoms in total. The van der Waals surface area contributed by atoms with Crippen molar-refractivity contribution in [3.8, 4) is 0 Å². The highest BCUT2D eigenvalue weighted by Gasteiger charge is 2.32. The van der Waals surface area contributed by atoms with Crippen LogP contribution in [-0.4, -0.2) is 55.2 Å². The number of nitrogens with one attached hydrogen (secondary N) is 1. The molecule has 2 rings (SSSR count). The smallest absolute Gasteiger partial charge is 0.305 e. The Morgan fingerprint density at radius 2 is 1.95 bits per heavy atom. The highest BCUT2D eigenvalue weighted by atomic mass is 32.2. The number of sulfonamides is 1. The zero-order valence-electron chi connectivity index (χ0n) is 10.7. The van der Waals surface area contributed by atoms with Crippen LogP contribution in [0.4, 0.5) is 0 Å². The molecule has 1 saturated heterocycles. The van der Waals surface area contributed by atoms with Crippen molar-refractivity contribution >= 4 is 27.3 Å². The van der Waals surface area contributed by atoms with E-state index in [0.29, 0.717) is 30.0 Å². The zero-order chi connectivity index (χ0) is 14.2. The molecule has 1 aliphatic heterocycles. The highest BCUT2D eigenvalue weighted by molar-refractivity contribution is 7.91. The molecule has 1 aromatic rings. The lowest BCUT2D eigenvalue weighted by Gasteiger charge is -2.18. The van der Waals surface area contributed by atoms with Crippen molar-refractivity contribution in [3.05, 3.63) is 15.4 Å². The predicted molar refractivity (Wildman–Crippen MR) is 70.7 cm³/mol. The van der Waals surface area contributed by atoms with Crippen LogP contribution in [0.2, 0.25) is 0 Å². The van der Waals surface area contributed by atoms with Gasteiger partial charge < -0.3 is 9.88 Å². The van der Waals surface area contributed by atoms with Crippen molar-refractivity contribution < 1.29 is 13.2 Å². The molecule has 19 heavy (non-hydrogen) atoms. The molecule has 0 aromatic carbocycles. The summed E-state index contributed by atoms with van der Waals surface area (Å²) in [4.78, 5) is 26.5. The summed E-state index contributed by atoms with van der Waals surface area (Å²) in [5.74, 6) is -0.235. The van der Waals surface area contributed by atoms with Crippen molar-refractivity contribution in [2.75, 3.05) is 26.7 Å². The van der Waals surface area contributed by atoms with Crippen molar-refractivity contribution in [1.82, 2.24) is 14.2 Å². The van der Waals surface area contributed by atoms with Crippen molar-refractivity contribution in [1.29, 1.82) is 0 Å². The summed E-state index contributed by atoms with van der Waals surface area (Å²) in [6.45, 7) is 2.18. The van der Waals surface area contributed by atoms with E-state index >= 15 is 0 Å². The summed E-state index contributed by atoms with van der Waals surface area (Å²) in [5.41, 5.74) is 0.319. The molecule has 1 fully saturated rings. The fourth-order valence-corrected chi connectivity index (χ4v) is 4.78. The number of likely N-dealkylation sites (N-methyl/N-ethyl adjacent to an activating group) is 1. The van der Waals surface area contributed by atoms with Crippen molar-refractivity contribution in [3.63, 3.8) is 0 Å². The molecule has 0 spiro atoms. The van der Waals surface area contributed by atoms with Gasteiger partial charge in [0.15, 0.2) is 4.21 Å². The average Bonchev–Trinajstić information content (AvgIpc) is 2.57. The maximum absolute atomic E-state index is 12.4. The van der Waals surface area contributed by atoms with Crippen LogP contribution in [-0.2, 0) is 14.8 Å². The van der Waals surface area contributed by atoms with E-state index in [4.69, 9.17) is 0 Å². The average molecular weight is 305 g/mol. The van der Waals surface area contributed by atoms with Gasteiger partial charge in [-0.25, -0.2) is 8.42 Å². The lowest BCUT2D eigenvalue weighted by atomic mass is 10.4. The van der Waals surface area contributed by atoms with Crippen LogP contribution < -0.4 is 4.87 Å². The minimum atomic E-state index is -3.78. The number of thiazole rings is 1. The molecule has 1 N–H and O–H groups in total. The molecule has 1 amide bonds. The highest BCUT2D eigenvalue weighted by Crippen LogP contribution is 2.22. The fraction of sp³-hybridized carbons (Fsp3) is 0.600. The molecule has 0 unspecified atom stereocenters. The van der Waals surface area contributed by atoms with Gasteiger partial charge in [0.05, 0.1) is 6.54 Å². The third-order valence-corrected chi connectivity index (χ3v) is 6.42. The van der Waals surface area contributed by atoms with Gasteiger partial charge in [0, 0.05) is 25.8 Å². The molecule has 106 valence electrons. The fourth-order valence-electron chi connectivity index (χ4n) is 1.92. The van der Waals surface area contributed by atoms with Gasteiger partial charge in [0.1, 0.15) is 0 Å². The quantitative estimate of drug-likeness (QED) is 0.805. The van der Waals surface area contributed by atoms with E-state index in [2.05, 4.69) is 4.98 Å². The van der Waals surface area contributed by atoms with Crippen LogP contribution in [0.3, 0.4) is 0 Å². The molecule has 0 saturated carbocycles. The maximum Gasteiger partial charge on any atom is 0.305 e. The molecule has 1 aliphatic rings. The lowest BCUT2D eigenvalue weighted by Crippen LogP contribution is -2.37. The number of rotatable bonds is 2. The Kier molecular flexibility index (Phi) is 3.79. The van der Waals surface area contributed by atoms with Crippen LogP contribution in [0.15, 0.2) is 9.00 Å². The summed E-state index contributed by atoms with van der Waals surface area (Å²) in [5, 5.41) is 0. The summed E-state index contributed by atoms with van der Waals surface area (Å²) >= 11 is 0.658. The summed E-state index contributed by atoms with van der Waals surface area (Å²) in [7, 11) is -2.13. The first-order valence-corrected chi connectivity index (χ1v) is 8.02. The van der Waals surface area contributed by atoms with E-state index in [-0.39, 0.29) is 23.2 Å². The molecular formula is C10H15N3O4S2. The Morgan fingerprint density at radius 1 is 1.26 bits per heavy atom. The zero-order valence-corrected chi connectivity index (χ0v) is 12.3. The normalized spacial score (nSPS) is 18.6. The Labute approximate surface area is 114 Å². The Morgan fingerprint density at radius 3 is 2.53 bits per heavy atom. The first-order valence-electron chi connectivity index (χ1n) is 5.76. The van der Waals surface area contributed by atoms with Crippen LogP contribution in [0.1, 0.15) is 12.1 Å². The first-order chi connectivity index (χ1) is 8.82. The second-order valence-electron chi connectivity index (χ2n) is 4.43. The molecule has 0 radical (unpaired) electrons. The van der Waals surface area contributed by atoms with E-state index < -0.39 is 14.9 Å². The molecule has 9 heteroatoms. The minimum absolute atomic E-state index is 0.00477. The standard InChI is InChI=1S/C10H15N3O4S2/c1-7-9(18-10(15)11-7)19(16,17)13-5-3-4-12(2)8(14)6-13/h3-6H2,1-2H3,(H,11,15). The van der Waals surface area contributed by atoms with Crippen molar-refractivity contribution in [2.45, 2.75) is 17.6 Å². The lowest BCUT2D eigenvalue weighted by molar-refractivity contribution is -0.129. The number of hydrogen-bond acceptors (Lipinski definition) is 5. The van der Waals surface area contributed by atoms with E-state index in [1.165, 1.54) is 11.8 Å². The second kappa shape index (κ2) is 5.06. The number of aromatic nitrogens is 1. The van der Waals surface area contributed by atoms with Crippen LogP contribution in [0, 0.1) is 6.92 Å². The first kappa shape index (κ1) is 14.2. The van der Waals surface area contributed by atoms with Crippen LogP contribution in [0.25, 0.3) is 0 Å². The van der Waals surface area contributed by atoms with E-state index in [1.807, 2.05) is 0 Å². The number of aryl methyl sites for hydroxylation is 1. The van der Waals surface area contributed by atoms with Gasteiger partial charge in [-0.3, -0.25) is 9.59 Å². The summed E-state index contributed by atoms with van der Waals surface area (Å²) < 4.78 is 26.0. The monoisotopic (exact) mass is 305 g/mol. The van der Waals surface area contributed by atoms with Gasteiger partial charge in [-0.15, -0.1) is 0 Å². The molecular weight excluding hydrogens is 290 g/mol. The Bertz CT molecular complexity index is 646. The molecule has 1 aromatic heterocycles. The second-order valence-corrected chi connectivity index (χ2v) is 7.55. The largest absolute Gasteiger partial charge is 0.345 e. The van der Waals surface area contributed by atoms with Gasteiger partial charge in [-0.2, -0.15) is 4.31 Å². The number of hydrogen-bond donors (Lipinski definition) is 1. The van der Waals surface area contributed by atoms with E-state index in [0.717, 1.165) is 4.31 Å². The van der Waals surface area contributed by atoms with Gasteiger partial charge in [-0.1, -0.05) is 11.3 Å². The van der Waals surface area contributed by atoms with E-state index in [9.17, 15) is 18.0 Å². The third kappa shape index (κ3) is 2.72. The predicted octanol–water partition coefficient (Wildman–Crippen LogP) is -0.402. The number of amides is 1. The van der Waals surface area contributed by atoms with Gasteiger partial charge >= 0.3 is 4.87 Å². The molecule has 0 aliphatic carbocycles. The number of carbonyl (C=O) groups excluding carboxylic acids is 1. The van der Waals surface area contributed by atoms with Gasteiger partial charge in [-0.05, 0) is 13.3 Å². The molecule has 0 atom stereocenters. The van der Waals surface area contributed by atoms with Crippen molar-refractivity contribution in [2.24, 2.45) is 0 Å². The number of aromatic amines is 1.